The van der Waals surface area contributed by atoms with E-state index in [1.807, 2.05) is 0 Å². The Morgan fingerprint density at radius 2 is 1.57 bits per heavy atom. The molecule has 0 aromatic heterocycles. The number of halogens is 6. The maximum atomic E-state index is 12.9. The molecular formula is C15H13F6N3O3S. The SMILES string of the molecule is N#C/C(=C\NN1CCOCC1)S(=O)(=O)c1cc(C(F)(F)F)cc(C(F)(F)F)c1. The molecule has 1 aliphatic rings. The molecule has 1 saturated heterocycles. The predicted molar refractivity (Wildman–Crippen MR) is 82.9 cm³/mol. The fraction of sp³-hybridized carbons (Fsp3) is 0.400. The summed E-state index contributed by atoms with van der Waals surface area (Å²) in [7, 11) is -4.94. The van der Waals surface area contributed by atoms with Gasteiger partial charge in [0, 0.05) is 19.3 Å². The van der Waals surface area contributed by atoms with E-state index in [1.54, 1.807) is 0 Å². The Hall–Kier alpha value is -2.30. The Balaban J connectivity index is 2.48. The molecule has 1 aromatic carbocycles. The summed E-state index contributed by atoms with van der Waals surface area (Å²) in [4.78, 5) is -2.32. The minimum absolute atomic E-state index is 0.0600. The van der Waals surface area contributed by atoms with Crippen LogP contribution >= 0.6 is 0 Å². The van der Waals surface area contributed by atoms with E-state index in [2.05, 4.69) is 5.43 Å². The van der Waals surface area contributed by atoms with Crippen LogP contribution in [0.5, 0.6) is 0 Å². The van der Waals surface area contributed by atoms with Crippen molar-refractivity contribution in [1.29, 1.82) is 5.26 Å². The molecule has 0 bridgehead atoms. The van der Waals surface area contributed by atoms with Gasteiger partial charge < -0.3 is 10.2 Å². The highest BCUT2D eigenvalue weighted by atomic mass is 32.2. The molecule has 1 fully saturated rings. The number of hydrogen-bond acceptors (Lipinski definition) is 6. The smallest absolute Gasteiger partial charge is 0.379 e. The van der Waals surface area contributed by atoms with Crippen molar-refractivity contribution in [2.75, 3.05) is 26.3 Å². The Kier molecular flexibility index (Phi) is 6.27. The van der Waals surface area contributed by atoms with Crippen molar-refractivity contribution in [1.82, 2.24) is 10.4 Å². The van der Waals surface area contributed by atoms with Crippen molar-refractivity contribution in [2.45, 2.75) is 17.2 Å². The summed E-state index contributed by atoms with van der Waals surface area (Å²) in [5.74, 6) is 0. The van der Waals surface area contributed by atoms with E-state index in [9.17, 15) is 34.8 Å². The van der Waals surface area contributed by atoms with E-state index >= 15 is 0 Å². The number of nitrogens with one attached hydrogen (secondary N) is 1. The van der Waals surface area contributed by atoms with Gasteiger partial charge in [-0.25, -0.2) is 13.4 Å². The summed E-state index contributed by atoms with van der Waals surface area (Å²) >= 11 is 0. The second-order valence-electron chi connectivity index (χ2n) is 5.59. The molecule has 0 atom stereocenters. The van der Waals surface area contributed by atoms with Crippen LogP contribution in [0, 0.1) is 11.3 Å². The summed E-state index contributed by atoms with van der Waals surface area (Å²) in [6.45, 7) is 1.30. The molecule has 0 saturated carbocycles. The number of hydrazine groups is 1. The molecule has 1 aromatic rings. The lowest BCUT2D eigenvalue weighted by atomic mass is 10.1. The maximum absolute atomic E-state index is 12.9. The van der Waals surface area contributed by atoms with Gasteiger partial charge in [-0.2, -0.15) is 31.6 Å². The standard InChI is InChI=1S/C15H13F6N3O3S/c16-14(17,18)10-5-11(15(19,20)21)7-12(6-10)28(25,26)13(8-22)9-23-24-1-3-27-4-2-24/h5-7,9,23H,1-4H2/b13-9+. The van der Waals surface area contributed by atoms with E-state index in [1.165, 1.54) is 11.1 Å². The lowest BCUT2D eigenvalue weighted by Gasteiger charge is -2.26. The lowest BCUT2D eigenvalue weighted by molar-refractivity contribution is -0.143. The van der Waals surface area contributed by atoms with E-state index in [4.69, 9.17) is 10.00 Å². The van der Waals surface area contributed by atoms with Gasteiger partial charge in [-0.15, -0.1) is 0 Å². The number of sulfone groups is 1. The van der Waals surface area contributed by atoms with Crippen LogP contribution in [0.2, 0.25) is 0 Å². The number of rotatable bonds is 4. The third kappa shape index (κ3) is 5.15. The van der Waals surface area contributed by atoms with Crippen LogP contribution in [0.1, 0.15) is 11.1 Å². The Morgan fingerprint density at radius 1 is 1.07 bits per heavy atom. The van der Waals surface area contributed by atoms with E-state index in [0.717, 1.165) is 0 Å². The number of alkyl halides is 6. The van der Waals surface area contributed by atoms with Crippen LogP contribution in [-0.4, -0.2) is 39.7 Å². The fourth-order valence-corrected chi connectivity index (χ4v) is 3.37. The minimum atomic E-state index is -5.21. The van der Waals surface area contributed by atoms with E-state index < -0.39 is 43.1 Å². The van der Waals surface area contributed by atoms with Crippen molar-refractivity contribution in [3.8, 4) is 6.07 Å². The van der Waals surface area contributed by atoms with Gasteiger partial charge in [-0.3, -0.25) is 0 Å². The zero-order valence-electron chi connectivity index (χ0n) is 13.9. The molecule has 0 spiro atoms. The molecule has 0 aliphatic carbocycles. The third-order valence-corrected chi connectivity index (χ3v) is 5.30. The Bertz CT molecular complexity index is 865. The highest BCUT2D eigenvalue weighted by Crippen LogP contribution is 2.38. The molecule has 154 valence electrons. The maximum Gasteiger partial charge on any atom is 0.416 e. The number of hydrogen-bond donors (Lipinski definition) is 1. The second-order valence-corrected chi connectivity index (χ2v) is 7.51. The molecule has 1 aliphatic heterocycles. The van der Waals surface area contributed by atoms with Crippen LogP contribution in [-0.2, 0) is 26.9 Å². The van der Waals surface area contributed by atoms with E-state index in [0.29, 0.717) is 32.5 Å². The predicted octanol–water partition coefficient (Wildman–Crippen LogP) is 2.70. The summed E-state index contributed by atoms with van der Waals surface area (Å²) in [5, 5.41) is 10.6. The average Bonchev–Trinajstić information content (AvgIpc) is 2.61. The zero-order valence-corrected chi connectivity index (χ0v) is 14.7. The van der Waals surface area contributed by atoms with Gasteiger partial charge in [0.2, 0.25) is 9.84 Å². The van der Waals surface area contributed by atoms with Crippen LogP contribution in [0.4, 0.5) is 26.3 Å². The van der Waals surface area contributed by atoms with Gasteiger partial charge in [0.1, 0.15) is 6.07 Å². The second kappa shape index (κ2) is 7.98. The number of allylic oxidation sites excluding steroid dienone is 1. The zero-order chi connectivity index (χ0) is 21.2. The summed E-state index contributed by atoms with van der Waals surface area (Å²) < 4.78 is 108. The van der Waals surface area contributed by atoms with Crippen molar-refractivity contribution in [2.24, 2.45) is 0 Å². The molecule has 0 amide bonds. The third-order valence-electron chi connectivity index (χ3n) is 3.66. The Labute approximate surface area is 155 Å². The number of nitriles is 1. The summed E-state index contributed by atoms with van der Waals surface area (Å²) in [6, 6.07) is 1.21. The van der Waals surface area contributed by atoms with Crippen LogP contribution < -0.4 is 5.43 Å². The summed E-state index contributed by atoms with van der Waals surface area (Å²) in [5.41, 5.74) is -1.10. The first-order valence-corrected chi connectivity index (χ1v) is 9.08. The molecule has 2 rings (SSSR count). The van der Waals surface area contributed by atoms with Gasteiger partial charge in [-0.05, 0) is 18.2 Å². The van der Waals surface area contributed by atoms with Crippen molar-refractivity contribution in [3.63, 3.8) is 0 Å². The number of benzene rings is 1. The molecular weight excluding hydrogens is 416 g/mol. The normalized spacial score (nSPS) is 17.2. The van der Waals surface area contributed by atoms with Gasteiger partial charge in [0.15, 0.2) is 4.91 Å². The molecule has 0 radical (unpaired) electrons. The number of morpholine rings is 1. The quantitative estimate of drug-likeness (QED) is 0.586. The topological polar surface area (TPSA) is 82.4 Å². The number of ether oxygens (including phenoxy) is 1. The molecule has 1 N–H and O–H groups in total. The molecule has 28 heavy (non-hydrogen) atoms. The number of nitrogens with zero attached hydrogens (tertiary/aromatic N) is 2. The first-order chi connectivity index (χ1) is 12.9. The molecule has 6 nitrogen and oxygen atoms in total. The largest absolute Gasteiger partial charge is 0.416 e. The van der Waals surface area contributed by atoms with Gasteiger partial charge in [0.05, 0.1) is 29.2 Å². The highest BCUT2D eigenvalue weighted by molar-refractivity contribution is 7.95. The van der Waals surface area contributed by atoms with Gasteiger partial charge in [-0.1, -0.05) is 0 Å². The van der Waals surface area contributed by atoms with E-state index in [-0.39, 0.29) is 18.2 Å². The van der Waals surface area contributed by atoms with Crippen LogP contribution in [0.15, 0.2) is 34.2 Å². The molecule has 1 heterocycles. The fourth-order valence-electron chi connectivity index (χ4n) is 2.22. The van der Waals surface area contributed by atoms with Crippen LogP contribution in [0.25, 0.3) is 0 Å². The van der Waals surface area contributed by atoms with Gasteiger partial charge in [0.25, 0.3) is 0 Å². The minimum Gasteiger partial charge on any atom is -0.379 e. The van der Waals surface area contributed by atoms with Gasteiger partial charge >= 0.3 is 12.4 Å². The summed E-state index contributed by atoms with van der Waals surface area (Å²) in [6.07, 6.45) is -9.71. The van der Waals surface area contributed by atoms with Crippen molar-refractivity contribution < 1.29 is 39.5 Å². The lowest BCUT2D eigenvalue weighted by Crippen LogP contribution is -2.43. The van der Waals surface area contributed by atoms with Crippen LogP contribution in [0.3, 0.4) is 0 Å². The first-order valence-electron chi connectivity index (χ1n) is 7.59. The van der Waals surface area contributed by atoms with Crippen molar-refractivity contribution in [3.05, 3.63) is 40.4 Å². The first kappa shape index (κ1) is 22.0. The highest BCUT2D eigenvalue weighted by Gasteiger charge is 2.38. The Morgan fingerprint density at radius 3 is 2.00 bits per heavy atom. The van der Waals surface area contributed by atoms with Crippen molar-refractivity contribution >= 4 is 9.84 Å². The molecule has 13 heteroatoms. The molecule has 0 unspecified atom stereocenters. The monoisotopic (exact) mass is 429 g/mol. The average molecular weight is 429 g/mol.